The Bertz CT molecular complexity index is 666. The summed E-state index contributed by atoms with van der Waals surface area (Å²) in [6.07, 6.45) is 4.86. The van der Waals surface area contributed by atoms with Crippen LogP contribution >= 0.6 is 10.2 Å². The Kier molecular flexibility index (Phi) is 4.07. The average Bonchev–Trinajstić information content (AvgIpc) is 2.94. The Morgan fingerprint density at radius 1 is 1.21 bits per heavy atom. The van der Waals surface area contributed by atoms with Crippen LogP contribution in [-0.2, 0) is 15.1 Å². The second-order valence-electron chi connectivity index (χ2n) is 6.05. The number of carbonyl (C=O) groups is 1. The van der Waals surface area contributed by atoms with E-state index >= 15 is 0 Å². The molecule has 1 aromatic carbocycles. The van der Waals surface area contributed by atoms with E-state index in [9.17, 15) is 24.2 Å². The predicted molar refractivity (Wildman–Crippen MR) is 83.4 cm³/mol. The van der Waals surface area contributed by atoms with Crippen molar-refractivity contribution in [2.24, 2.45) is 5.92 Å². The van der Waals surface area contributed by atoms with E-state index in [0.717, 1.165) is 12.1 Å². The van der Waals surface area contributed by atoms with Crippen molar-refractivity contribution >= 4 is 16.2 Å². The van der Waals surface area contributed by atoms with Crippen LogP contribution in [0.25, 0.3) is 0 Å². The lowest BCUT2D eigenvalue weighted by Gasteiger charge is -2.40. The highest BCUT2D eigenvalue weighted by atomic mass is 32.5. The Balaban J connectivity index is 2.37. The molecule has 2 nitrogen and oxygen atoms in total. The molecule has 0 amide bonds. The molecule has 0 fully saturated rings. The topological polar surface area (TPSA) is 26.3 Å². The third kappa shape index (κ3) is 3.91. The first-order valence-corrected chi connectivity index (χ1v) is 9.48. The number of hydrogen-bond donors (Lipinski definition) is 0. The van der Waals surface area contributed by atoms with E-state index in [2.05, 4.69) is 0 Å². The van der Waals surface area contributed by atoms with Crippen molar-refractivity contribution in [2.75, 3.05) is 0 Å². The Hall–Kier alpha value is -1.57. The highest BCUT2D eigenvalue weighted by Crippen LogP contribution is 3.02. The van der Waals surface area contributed by atoms with Crippen LogP contribution in [0.15, 0.2) is 41.3 Å². The second-order valence-corrected chi connectivity index (χ2v) is 8.46. The Morgan fingerprint density at radius 2 is 1.79 bits per heavy atom. The van der Waals surface area contributed by atoms with Crippen LogP contribution in [0.5, 0.6) is 0 Å². The van der Waals surface area contributed by atoms with Crippen LogP contribution in [0, 0.1) is 5.92 Å². The number of esters is 1. The van der Waals surface area contributed by atoms with Crippen LogP contribution in [0.1, 0.15) is 38.7 Å². The van der Waals surface area contributed by atoms with Gasteiger partial charge in [0.15, 0.2) is 5.60 Å². The molecule has 1 aliphatic carbocycles. The molecule has 8 heteroatoms. The van der Waals surface area contributed by atoms with Crippen LogP contribution in [0.4, 0.5) is 19.4 Å². The molecular weight excluding hydrogens is 351 g/mol. The summed E-state index contributed by atoms with van der Waals surface area (Å²) in [6, 6.07) is 2.60. The first-order valence-electron chi connectivity index (χ1n) is 7.52. The van der Waals surface area contributed by atoms with Crippen molar-refractivity contribution in [3.63, 3.8) is 0 Å². The Labute approximate surface area is 137 Å². The quantitative estimate of drug-likeness (QED) is 0.337. The van der Waals surface area contributed by atoms with Crippen molar-refractivity contribution in [1.29, 1.82) is 0 Å². The van der Waals surface area contributed by atoms with Gasteiger partial charge in [-0.25, -0.2) is 0 Å². The van der Waals surface area contributed by atoms with E-state index in [1.807, 2.05) is 6.92 Å². The third-order valence-electron chi connectivity index (χ3n) is 4.16. The minimum atomic E-state index is -9.71. The van der Waals surface area contributed by atoms with Gasteiger partial charge in [0.2, 0.25) is 0 Å². The number of carbonyl (C=O) groups excluding carboxylic acids is 1. The molecule has 0 aromatic heterocycles. The molecular formula is C16H19F5O2S. The van der Waals surface area contributed by atoms with Crippen molar-refractivity contribution in [3.8, 4) is 0 Å². The highest BCUT2D eigenvalue weighted by molar-refractivity contribution is 8.45. The summed E-state index contributed by atoms with van der Waals surface area (Å²) < 4.78 is 69.6. The lowest BCUT2D eigenvalue weighted by molar-refractivity contribution is -0.160. The van der Waals surface area contributed by atoms with Gasteiger partial charge in [-0.2, -0.15) is 0 Å². The predicted octanol–water partition coefficient (Wildman–Crippen LogP) is 6.48. The number of ether oxygens (including phenoxy) is 1. The SMILES string of the molecule is CCC(C)C(=O)OC1(c2ccc(S(F)(F)(F)(F)F)cc2)C=CCC1. The molecule has 0 heterocycles. The number of benzene rings is 1. The molecule has 2 rings (SSSR count). The van der Waals surface area contributed by atoms with E-state index in [-0.39, 0.29) is 11.5 Å². The van der Waals surface area contributed by atoms with Gasteiger partial charge in [-0.15, -0.1) is 0 Å². The molecule has 0 N–H and O–H groups in total. The summed E-state index contributed by atoms with van der Waals surface area (Å²) in [6.45, 7) is 3.50. The first kappa shape index (κ1) is 18.8. The molecule has 2 unspecified atom stereocenters. The summed E-state index contributed by atoms with van der Waals surface area (Å²) >= 11 is 0. The fourth-order valence-electron chi connectivity index (χ4n) is 2.48. The van der Waals surface area contributed by atoms with Crippen LogP contribution in [0.3, 0.4) is 0 Å². The summed E-state index contributed by atoms with van der Waals surface area (Å²) in [4.78, 5) is 10.1. The average molecular weight is 370 g/mol. The van der Waals surface area contributed by atoms with Gasteiger partial charge in [-0.05, 0) is 43.0 Å². The number of allylic oxidation sites excluding steroid dienone is 1. The standard InChI is InChI=1S/C16H19F5O2S/c1-3-12(2)15(22)23-16(10-4-5-11-16)13-6-8-14(9-7-13)24(17,18,19,20)21/h4,6-10,12H,3,5,11H2,1-2H3. The maximum atomic E-state index is 12.8. The number of hydrogen-bond acceptors (Lipinski definition) is 2. The summed E-state index contributed by atoms with van der Waals surface area (Å²) in [5, 5.41) is 0. The van der Waals surface area contributed by atoms with Crippen molar-refractivity contribution in [2.45, 2.75) is 43.6 Å². The maximum Gasteiger partial charge on any atom is 0.310 e. The van der Waals surface area contributed by atoms with Gasteiger partial charge in [0.05, 0.1) is 5.92 Å². The van der Waals surface area contributed by atoms with Gasteiger partial charge in [0.25, 0.3) is 0 Å². The van der Waals surface area contributed by atoms with Gasteiger partial charge in [-0.3, -0.25) is 4.79 Å². The minimum absolute atomic E-state index is 0.249. The van der Waals surface area contributed by atoms with E-state index in [0.29, 0.717) is 31.4 Å². The van der Waals surface area contributed by atoms with E-state index < -0.39 is 26.7 Å². The molecule has 0 spiro atoms. The number of halogens is 5. The summed E-state index contributed by atoms with van der Waals surface area (Å²) in [5.41, 5.74) is -0.949. The van der Waals surface area contributed by atoms with Crippen molar-refractivity contribution in [3.05, 3.63) is 42.0 Å². The smallest absolute Gasteiger partial charge is 0.310 e. The Morgan fingerprint density at radius 3 is 2.21 bits per heavy atom. The van der Waals surface area contributed by atoms with Gasteiger partial charge < -0.3 is 4.74 Å². The molecule has 0 radical (unpaired) electrons. The molecule has 0 bridgehead atoms. The van der Waals surface area contributed by atoms with E-state index in [4.69, 9.17) is 4.74 Å². The van der Waals surface area contributed by atoms with Gasteiger partial charge in [0.1, 0.15) is 4.90 Å². The van der Waals surface area contributed by atoms with Gasteiger partial charge in [0, 0.05) is 0 Å². The lowest BCUT2D eigenvalue weighted by Crippen LogP contribution is -2.31. The zero-order valence-electron chi connectivity index (χ0n) is 13.3. The molecule has 24 heavy (non-hydrogen) atoms. The third-order valence-corrected chi connectivity index (χ3v) is 5.32. The van der Waals surface area contributed by atoms with Gasteiger partial charge >= 0.3 is 16.2 Å². The van der Waals surface area contributed by atoms with E-state index in [1.54, 1.807) is 19.1 Å². The zero-order chi connectivity index (χ0) is 18.3. The normalized spacial score (nSPS) is 25.0. The first-order chi connectivity index (χ1) is 10.8. The molecule has 2 atom stereocenters. The molecule has 0 aliphatic heterocycles. The van der Waals surface area contributed by atoms with Crippen molar-refractivity contribution < 1.29 is 29.0 Å². The van der Waals surface area contributed by atoms with E-state index in [1.165, 1.54) is 0 Å². The molecule has 0 saturated carbocycles. The van der Waals surface area contributed by atoms with Crippen LogP contribution in [-0.4, -0.2) is 5.97 Å². The van der Waals surface area contributed by atoms with Crippen molar-refractivity contribution in [1.82, 2.24) is 0 Å². The summed E-state index contributed by atoms with van der Waals surface area (Å²) in [7, 11) is -9.71. The minimum Gasteiger partial charge on any atom is -0.450 e. The molecule has 1 aromatic rings. The number of rotatable bonds is 5. The van der Waals surface area contributed by atoms with Crippen LogP contribution < -0.4 is 0 Å². The maximum absolute atomic E-state index is 12.8. The zero-order valence-corrected chi connectivity index (χ0v) is 14.1. The molecule has 136 valence electrons. The molecule has 1 aliphatic rings. The fourth-order valence-corrected chi connectivity index (χ4v) is 3.13. The van der Waals surface area contributed by atoms with Crippen LogP contribution in [0.2, 0.25) is 0 Å². The largest absolute Gasteiger partial charge is 0.450 e. The monoisotopic (exact) mass is 370 g/mol. The van der Waals surface area contributed by atoms with Gasteiger partial charge in [-0.1, -0.05) is 51.5 Å². The molecule has 0 saturated heterocycles. The second kappa shape index (κ2) is 5.21. The fraction of sp³-hybridized carbons (Fsp3) is 0.438. The summed E-state index contributed by atoms with van der Waals surface area (Å²) in [5.74, 6) is -0.833. The highest BCUT2D eigenvalue weighted by Gasteiger charge is 2.65. The lowest BCUT2D eigenvalue weighted by atomic mass is 9.92.